The van der Waals surface area contributed by atoms with E-state index in [2.05, 4.69) is 22.7 Å². The zero-order chi connectivity index (χ0) is 17.8. The molecule has 1 aromatic carbocycles. The topological polar surface area (TPSA) is 89.2 Å². The fraction of sp³-hybridized carbons (Fsp3) is 0.167. The van der Waals surface area contributed by atoms with Gasteiger partial charge < -0.3 is 15.1 Å². The number of nitrogens with zero attached hydrogens (tertiary/aromatic N) is 2. The Morgan fingerprint density at radius 2 is 1.88 bits per heavy atom. The Morgan fingerprint density at radius 1 is 1.12 bits per heavy atom. The van der Waals surface area contributed by atoms with Crippen molar-refractivity contribution in [3.05, 3.63) is 65.7 Å². The maximum Gasteiger partial charge on any atom is 0.292 e. The molecule has 0 aliphatic rings. The number of carbonyl (C=O) groups excluding carboxylic acids is 2. The Hall–Kier alpha value is -3.35. The highest BCUT2D eigenvalue weighted by Crippen LogP contribution is 2.15. The summed E-state index contributed by atoms with van der Waals surface area (Å²) in [5.41, 5.74) is 2.09. The zero-order valence-corrected chi connectivity index (χ0v) is 13.9. The first-order chi connectivity index (χ1) is 12.1. The van der Waals surface area contributed by atoms with Crippen LogP contribution in [0.4, 0.5) is 11.5 Å². The monoisotopic (exact) mass is 338 g/mol. The molecule has 7 nitrogen and oxygen atoms in total. The second kappa shape index (κ2) is 7.04. The lowest BCUT2D eigenvalue weighted by Gasteiger charge is -2.03. The van der Waals surface area contributed by atoms with Crippen LogP contribution < -0.4 is 10.6 Å². The van der Waals surface area contributed by atoms with E-state index in [0.29, 0.717) is 11.5 Å². The Labute approximate surface area is 144 Å². The van der Waals surface area contributed by atoms with Gasteiger partial charge in [0.2, 0.25) is 0 Å². The molecule has 7 heteroatoms. The summed E-state index contributed by atoms with van der Waals surface area (Å²) in [6.07, 6.45) is 2.36. The summed E-state index contributed by atoms with van der Waals surface area (Å²) < 4.78 is 6.47. The smallest absolute Gasteiger partial charge is 0.292 e. The number of amides is 2. The molecule has 0 aliphatic carbocycles. The molecule has 2 amide bonds. The minimum atomic E-state index is -0.407. The van der Waals surface area contributed by atoms with Gasteiger partial charge in [-0.25, -0.2) is 0 Å². The van der Waals surface area contributed by atoms with Crippen LogP contribution in [0.2, 0.25) is 0 Å². The number of nitrogens with one attached hydrogen (secondary N) is 2. The average molecular weight is 338 g/mol. The predicted molar refractivity (Wildman–Crippen MR) is 93.6 cm³/mol. The fourth-order valence-corrected chi connectivity index (χ4v) is 2.30. The minimum absolute atomic E-state index is 0.184. The molecule has 0 radical (unpaired) electrons. The highest BCUT2D eigenvalue weighted by molar-refractivity contribution is 6.05. The third-order valence-corrected chi connectivity index (χ3v) is 3.72. The second-order valence-electron chi connectivity index (χ2n) is 5.47. The second-order valence-corrected chi connectivity index (χ2v) is 5.47. The minimum Gasteiger partial charge on any atom is -0.459 e. The summed E-state index contributed by atoms with van der Waals surface area (Å²) in [5, 5.41) is 9.57. The van der Waals surface area contributed by atoms with E-state index in [1.807, 2.05) is 24.3 Å². The summed E-state index contributed by atoms with van der Waals surface area (Å²) >= 11 is 0. The molecule has 0 fully saturated rings. The van der Waals surface area contributed by atoms with E-state index < -0.39 is 5.91 Å². The van der Waals surface area contributed by atoms with Crippen LogP contribution in [0.1, 0.15) is 33.5 Å². The maximum absolute atomic E-state index is 12.3. The van der Waals surface area contributed by atoms with Gasteiger partial charge in [-0.1, -0.05) is 19.1 Å². The molecular formula is C18H18N4O3. The third kappa shape index (κ3) is 3.77. The zero-order valence-electron chi connectivity index (χ0n) is 13.9. The van der Waals surface area contributed by atoms with Crippen LogP contribution in [0.15, 0.2) is 53.1 Å². The van der Waals surface area contributed by atoms with Crippen molar-refractivity contribution in [2.45, 2.75) is 13.3 Å². The van der Waals surface area contributed by atoms with Crippen molar-refractivity contribution < 1.29 is 14.0 Å². The predicted octanol–water partition coefficient (Wildman–Crippen LogP) is 3.08. The van der Waals surface area contributed by atoms with Gasteiger partial charge in [0.25, 0.3) is 11.8 Å². The van der Waals surface area contributed by atoms with Crippen molar-refractivity contribution in [3.8, 4) is 0 Å². The molecule has 0 saturated carbocycles. The van der Waals surface area contributed by atoms with Crippen LogP contribution in [0.25, 0.3) is 0 Å². The molecule has 0 spiro atoms. The van der Waals surface area contributed by atoms with Crippen LogP contribution in [0.5, 0.6) is 0 Å². The molecule has 3 rings (SSSR count). The van der Waals surface area contributed by atoms with Crippen LogP contribution in [-0.4, -0.2) is 21.6 Å². The summed E-state index contributed by atoms with van der Waals surface area (Å²) in [6.45, 7) is 2.07. The Morgan fingerprint density at radius 3 is 2.52 bits per heavy atom. The molecule has 3 aromatic rings. The van der Waals surface area contributed by atoms with Crippen LogP contribution >= 0.6 is 0 Å². The number of furan rings is 1. The quantitative estimate of drug-likeness (QED) is 0.748. The number of rotatable bonds is 5. The Kier molecular flexibility index (Phi) is 4.65. The molecular weight excluding hydrogens is 320 g/mol. The standard InChI is InChI=1S/C18H18N4O3/c1-3-12-6-8-13(9-7-12)19-17(23)14-11-16(22(2)21-14)20-18(24)15-5-4-10-25-15/h4-11H,3H2,1-2H3,(H,19,23)(H,20,24). The number of benzene rings is 1. The van der Waals surface area contributed by atoms with Gasteiger partial charge in [0, 0.05) is 18.8 Å². The average Bonchev–Trinajstić information content (AvgIpc) is 3.26. The number of aryl methyl sites for hydroxylation is 2. The molecule has 0 unspecified atom stereocenters. The first-order valence-corrected chi connectivity index (χ1v) is 7.86. The van der Waals surface area contributed by atoms with Crippen molar-refractivity contribution in [3.63, 3.8) is 0 Å². The Balaban J connectivity index is 1.70. The van der Waals surface area contributed by atoms with Crippen molar-refractivity contribution >= 4 is 23.3 Å². The lowest BCUT2D eigenvalue weighted by molar-refractivity contribution is 0.0993. The van der Waals surface area contributed by atoms with Crippen molar-refractivity contribution in [1.82, 2.24) is 9.78 Å². The Bertz CT molecular complexity index is 880. The molecule has 0 atom stereocenters. The van der Waals surface area contributed by atoms with E-state index in [1.54, 1.807) is 19.2 Å². The highest BCUT2D eigenvalue weighted by atomic mass is 16.3. The normalized spacial score (nSPS) is 10.5. The summed E-state index contributed by atoms with van der Waals surface area (Å²) in [5.74, 6) is -0.176. The van der Waals surface area contributed by atoms with E-state index in [1.165, 1.54) is 22.6 Å². The molecule has 2 aromatic heterocycles. The number of carbonyl (C=O) groups is 2. The summed E-state index contributed by atoms with van der Waals surface area (Å²) in [6, 6.07) is 12.3. The van der Waals surface area contributed by atoms with Gasteiger partial charge in [-0.15, -0.1) is 0 Å². The molecule has 2 heterocycles. The number of anilines is 2. The highest BCUT2D eigenvalue weighted by Gasteiger charge is 2.16. The van der Waals surface area contributed by atoms with Crippen LogP contribution in [0.3, 0.4) is 0 Å². The number of hydrogen-bond donors (Lipinski definition) is 2. The summed E-state index contributed by atoms with van der Waals surface area (Å²) in [4.78, 5) is 24.3. The number of aromatic nitrogens is 2. The van der Waals surface area contributed by atoms with Gasteiger partial charge in [-0.2, -0.15) is 5.10 Å². The van der Waals surface area contributed by atoms with Gasteiger partial charge >= 0.3 is 0 Å². The first kappa shape index (κ1) is 16.5. The first-order valence-electron chi connectivity index (χ1n) is 7.86. The van der Waals surface area contributed by atoms with Gasteiger partial charge in [0.1, 0.15) is 5.82 Å². The summed E-state index contributed by atoms with van der Waals surface area (Å²) in [7, 11) is 1.64. The third-order valence-electron chi connectivity index (χ3n) is 3.72. The molecule has 0 saturated heterocycles. The van der Waals surface area contributed by atoms with Crippen molar-refractivity contribution in [2.24, 2.45) is 7.05 Å². The molecule has 25 heavy (non-hydrogen) atoms. The molecule has 0 aliphatic heterocycles. The van der Waals surface area contributed by atoms with Crippen LogP contribution in [0, 0.1) is 0 Å². The van der Waals surface area contributed by atoms with E-state index in [0.717, 1.165) is 6.42 Å². The lowest BCUT2D eigenvalue weighted by Crippen LogP contribution is -2.13. The number of hydrogen-bond acceptors (Lipinski definition) is 4. The molecule has 128 valence electrons. The maximum atomic E-state index is 12.3. The van der Waals surface area contributed by atoms with Crippen molar-refractivity contribution in [1.29, 1.82) is 0 Å². The van der Waals surface area contributed by atoms with E-state index in [9.17, 15) is 9.59 Å². The van der Waals surface area contributed by atoms with Gasteiger partial charge in [0.05, 0.1) is 6.26 Å². The van der Waals surface area contributed by atoms with E-state index in [4.69, 9.17) is 4.42 Å². The van der Waals surface area contributed by atoms with E-state index in [-0.39, 0.29) is 17.4 Å². The largest absolute Gasteiger partial charge is 0.459 e. The fourth-order valence-electron chi connectivity index (χ4n) is 2.30. The van der Waals surface area contributed by atoms with Crippen molar-refractivity contribution in [2.75, 3.05) is 10.6 Å². The van der Waals surface area contributed by atoms with Crippen LogP contribution in [-0.2, 0) is 13.5 Å². The van der Waals surface area contributed by atoms with E-state index >= 15 is 0 Å². The molecule has 0 bridgehead atoms. The van der Waals surface area contributed by atoms with Gasteiger partial charge in [-0.3, -0.25) is 14.3 Å². The van der Waals surface area contributed by atoms with Gasteiger partial charge in [0.15, 0.2) is 11.5 Å². The molecule has 2 N–H and O–H groups in total. The lowest BCUT2D eigenvalue weighted by atomic mass is 10.1. The van der Waals surface area contributed by atoms with Gasteiger partial charge in [-0.05, 0) is 36.2 Å². The SMILES string of the molecule is CCc1ccc(NC(=O)c2cc(NC(=O)c3ccco3)n(C)n2)cc1.